The normalized spacial score (nSPS) is 25.7. The minimum atomic E-state index is -3.66. The number of amides is 1. The highest BCUT2D eigenvalue weighted by Gasteiger charge is 2.60. The lowest BCUT2D eigenvalue weighted by Crippen LogP contribution is -2.43. The maximum Gasteiger partial charge on any atom is 0.261 e. The van der Waals surface area contributed by atoms with E-state index in [1.807, 2.05) is 61.5 Å². The molecule has 4 unspecified atom stereocenters. The fourth-order valence-corrected chi connectivity index (χ4v) is 7.08. The summed E-state index contributed by atoms with van der Waals surface area (Å²) in [6.07, 6.45) is 4.46. The Bertz CT molecular complexity index is 1650. The van der Waals surface area contributed by atoms with Crippen LogP contribution in [0.25, 0.3) is 22.2 Å². The smallest absolute Gasteiger partial charge is 0.261 e. The van der Waals surface area contributed by atoms with E-state index in [0.717, 1.165) is 39.4 Å². The minimum Gasteiger partial charge on any atom is -0.497 e. The van der Waals surface area contributed by atoms with Crippen molar-refractivity contribution in [2.24, 2.45) is 10.9 Å². The zero-order valence-corrected chi connectivity index (χ0v) is 24.7. The summed E-state index contributed by atoms with van der Waals surface area (Å²) in [7, 11) is -2.03. The van der Waals surface area contributed by atoms with Crippen LogP contribution in [0.2, 0.25) is 0 Å². The summed E-state index contributed by atoms with van der Waals surface area (Å²) < 4.78 is 39.4. The van der Waals surface area contributed by atoms with Crippen LogP contribution in [0.3, 0.4) is 0 Å². The summed E-state index contributed by atoms with van der Waals surface area (Å²) in [5.74, 6) is 0.707. The third-order valence-corrected chi connectivity index (χ3v) is 10.2. The predicted molar refractivity (Wildman–Crippen MR) is 163 cm³/mol. The van der Waals surface area contributed by atoms with Gasteiger partial charge in [0.2, 0.25) is 10.0 Å². The molecule has 3 aromatic rings. The molecule has 2 heterocycles. The number of hydrogen-bond acceptors (Lipinski definition) is 8. The summed E-state index contributed by atoms with van der Waals surface area (Å²) in [5, 5.41) is 3.94. The van der Waals surface area contributed by atoms with Crippen molar-refractivity contribution in [3.05, 3.63) is 67.3 Å². The van der Waals surface area contributed by atoms with E-state index in [1.54, 1.807) is 13.2 Å². The molecule has 0 radical (unpaired) electrons. The first kappa shape index (κ1) is 28.4. The molecule has 1 aromatic heterocycles. The van der Waals surface area contributed by atoms with Crippen molar-refractivity contribution in [3.8, 4) is 22.8 Å². The summed E-state index contributed by atoms with van der Waals surface area (Å²) in [6, 6.07) is 17.6. The number of aliphatic imine (C=N–C) groups is 1. The van der Waals surface area contributed by atoms with Crippen molar-refractivity contribution in [3.63, 3.8) is 0 Å². The zero-order valence-electron chi connectivity index (χ0n) is 23.9. The van der Waals surface area contributed by atoms with Crippen molar-refractivity contribution < 1.29 is 22.7 Å². The van der Waals surface area contributed by atoms with E-state index in [9.17, 15) is 13.2 Å². The first-order chi connectivity index (χ1) is 20.3. The predicted octanol–water partition coefficient (Wildman–Crippen LogP) is 4.42. The van der Waals surface area contributed by atoms with Crippen LogP contribution in [-0.2, 0) is 14.8 Å². The number of ether oxygens (including phenoxy) is 2. The molecule has 2 aromatic carbocycles. The van der Waals surface area contributed by atoms with Gasteiger partial charge in [0.05, 0.1) is 23.6 Å². The Hall–Kier alpha value is -3.76. The first-order valence-electron chi connectivity index (χ1n) is 14.5. The minimum absolute atomic E-state index is 0.0995. The number of sulfonamides is 1. The van der Waals surface area contributed by atoms with Crippen LogP contribution in [0.15, 0.2) is 72.2 Å². The van der Waals surface area contributed by atoms with E-state index in [2.05, 4.69) is 16.6 Å². The van der Waals surface area contributed by atoms with Gasteiger partial charge in [-0.3, -0.25) is 14.5 Å². The highest BCUT2D eigenvalue weighted by molar-refractivity contribution is 7.91. The molecule has 1 saturated heterocycles. The van der Waals surface area contributed by atoms with Crippen LogP contribution < -0.4 is 19.5 Å². The van der Waals surface area contributed by atoms with Crippen LogP contribution in [-0.4, -0.2) is 61.6 Å². The Kier molecular flexibility index (Phi) is 7.53. The summed E-state index contributed by atoms with van der Waals surface area (Å²) in [4.78, 5) is 23.0. The highest BCUT2D eigenvalue weighted by atomic mass is 32.2. The standard InChI is InChI=1S/C32H36N4O5S/c1-4-21-18-32(21,31(37)36-42(38,39)24-12-13-24)35-26(5-2)29-16-23(19-33-29)41-30-17-27(20-9-7-6-8-10-20)34-28-15-22(40-3)11-14-25(28)30/h4,6-11,14-15,17,21,23-24,29,33H,1,5,12-13,16,18-19H2,2-3H3,(H,36,37). The Morgan fingerprint density at radius 3 is 2.67 bits per heavy atom. The fourth-order valence-electron chi connectivity index (χ4n) is 5.72. The van der Waals surface area contributed by atoms with Gasteiger partial charge in [0.15, 0.2) is 0 Å². The highest BCUT2D eigenvalue weighted by Crippen LogP contribution is 2.49. The first-order valence-corrected chi connectivity index (χ1v) is 16.0. The molecule has 6 rings (SSSR count). The van der Waals surface area contributed by atoms with Crippen molar-refractivity contribution in [2.75, 3.05) is 13.7 Å². The number of hydrogen-bond donors (Lipinski definition) is 2. The molecule has 1 aliphatic heterocycles. The molecule has 2 aliphatic carbocycles. The molecule has 0 spiro atoms. The molecule has 0 bridgehead atoms. The van der Waals surface area contributed by atoms with Gasteiger partial charge < -0.3 is 14.8 Å². The van der Waals surface area contributed by atoms with Gasteiger partial charge in [-0.15, -0.1) is 6.58 Å². The van der Waals surface area contributed by atoms with Gasteiger partial charge in [-0.2, -0.15) is 0 Å². The van der Waals surface area contributed by atoms with Crippen LogP contribution >= 0.6 is 0 Å². The number of nitrogens with zero attached hydrogens (tertiary/aromatic N) is 2. The van der Waals surface area contributed by atoms with E-state index in [0.29, 0.717) is 38.6 Å². The van der Waals surface area contributed by atoms with Gasteiger partial charge >= 0.3 is 0 Å². The van der Waals surface area contributed by atoms with Crippen molar-refractivity contribution in [1.29, 1.82) is 0 Å². The van der Waals surface area contributed by atoms with Gasteiger partial charge in [-0.05, 0) is 37.8 Å². The van der Waals surface area contributed by atoms with Gasteiger partial charge in [0.1, 0.15) is 23.1 Å². The topological polar surface area (TPSA) is 119 Å². The molecular weight excluding hydrogens is 552 g/mol. The van der Waals surface area contributed by atoms with Crippen LogP contribution in [0.4, 0.5) is 0 Å². The van der Waals surface area contributed by atoms with Crippen molar-refractivity contribution >= 4 is 32.5 Å². The van der Waals surface area contributed by atoms with E-state index >= 15 is 0 Å². The molecule has 3 aliphatic rings. The number of benzene rings is 2. The average molecular weight is 589 g/mol. The summed E-state index contributed by atoms with van der Waals surface area (Å²) >= 11 is 0. The summed E-state index contributed by atoms with van der Waals surface area (Å²) in [5.41, 5.74) is 2.29. The van der Waals surface area contributed by atoms with Crippen molar-refractivity contribution in [2.45, 2.75) is 62.0 Å². The number of carbonyl (C=O) groups excluding carboxylic acids is 1. The number of rotatable bonds is 11. The second-order valence-corrected chi connectivity index (χ2v) is 13.3. The number of pyridine rings is 1. The molecular formula is C32H36N4O5S. The molecule has 2 saturated carbocycles. The van der Waals surface area contributed by atoms with Crippen LogP contribution in [0.5, 0.6) is 11.5 Å². The van der Waals surface area contributed by atoms with Crippen LogP contribution in [0.1, 0.15) is 39.0 Å². The zero-order chi connectivity index (χ0) is 29.5. The third kappa shape index (κ3) is 5.53. The maximum absolute atomic E-state index is 13.2. The van der Waals surface area contributed by atoms with E-state index in [1.165, 1.54) is 0 Å². The molecule has 1 amide bonds. The molecule has 42 heavy (non-hydrogen) atoms. The van der Waals surface area contributed by atoms with Gasteiger partial charge in [-0.1, -0.05) is 43.3 Å². The quantitative estimate of drug-likeness (QED) is 0.251. The summed E-state index contributed by atoms with van der Waals surface area (Å²) in [6.45, 7) is 6.46. The Labute approximate surface area is 246 Å². The third-order valence-electron chi connectivity index (χ3n) is 8.40. The molecule has 10 heteroatoms. The molecule has 4 atom stereocenters. The number of methoxy groups -OCH3 is 1. The fraction of sp³-hybridized carbons (Fsp3) is 0.406. The molecule has 2 N–H and O–H groups in total. The Morgan fingerprint density at radius 2 is 2.00 bits per heavy atom. The number of carbonyl (C=O) groups is 1. The Balaban J connectivity index is 1.24. The molecule has 9 nitrogen and oxygen atoms in total. The lowest BCUT2D eigenvalue weighted by molar-refractivity contribution is -0.121. The van der Waals surface area contributed by atoms with Gasteiger partial charge in [-0.25, -0.2) is 13.4 Å². The van der Waals surface area contributed by atoms with E-state index in [4.69, 9.17) is 19.5 Å². The average Bonchev–Trinajstić information content (AvgIpc) is 3.93. The molecule has 3 fully saturated rings. The number of fused-ring (bicyclic) bond motifs is 1. The maximum atomic E-state index is 13.2. The van der Waals surface area contributed by atoms with Crippen molar-refractivity contribution in [1.82, 2.24) is 15.0 Å². The number of aromatic nitrogens is 1. The van der Waals surface area contributed by atoms with E-state index < -0.39 is 26.7 Å². The van der Waals surface area contributed by atoms with Gasteiger partial charge in [0.25, 0.3) is 5.91 Å². The largest absolute Gasteiger partial charge is 0.497 e. The lowest BCUT2D eigenvalue weighted by atomic mass is 10.0. The second-order valence-electron chi connectivity index (χ2n) is 11.3. The second kappa shape index (κ2) is 11.1. The Morgan fingerprint density at radius 1 is 1.21 bits per heavy atom. The SMILES string of the molecule is C=CC1CC1(N=C(CC)C1CC(Oc2cc(-c3ccccc3)nc3cc(OC)ccc23)CN1)C(=O)NS(=O)(=O)C1CC1. The van der Waals surface area contributed by atoms with Crippen LogP contribution in [0, 0.1) is 5.92 Å². The molecule has 220 valence electrons. The number of nitrogens with one attached hydrogen (secondary N) is 2. The van der Waals surface area contributed by atoms with E-state index in [-0.39, 0.29) is 18.1 Å². The lowest BCUT2D eigenvalue weighted by Gasteiger charge is -2.19. The van der Waals surface area contributed by atoms with Gasteiger partial charge in [0, 0.05) is 53.7 Å². The monoisotopic (exact) mass is 588 g/mol.